The SMILES string of the molecule is [C-]#[N+]c1c(C#N)c2cc(C)ccc2c2ccc(C=Cc3ccc(N(c4ccc5ccccc5c4)c4ccc5ccccc5c4)cc3)cc12. The van der Waals surface area contributed by atoms with Gasteiger partial charge in [0, 0.05) is 17.1 Å². The van der Waals surface area contributed by atoms with Gasteiger partial charge in [-0.2, -0.15) is 5.26 Å². The second kappa shape index (κ2) is 11.9. The average Bonchev–Trinajstić information content (AvgIpc) is 3.13. The molecule has 0 heterocycles. The van der Waals surface area contributed by atoms with Gasteiger partial charge in [-0.25, -0.2) is 4.85 Å². The summed E-state index contributed by atoms with van der Waals surface area (Å²) in [6.45, 7) is 9.92. The van der Waals surface area contributed by atoms with E-state index in [1.165, 1.54) is 21.5 Å². The molecule has 224 valence electrons. The van der Waals surface area contributed by atoms with Crippen molar-refractivity contribution in [1.82, 2.24) is 0 Å². The normalized spacial score (nSPS) is 11.3. The summed E-state index contributed by atoms with van der Waals surface area (Å²) in [5.41, 5.74) is 7.21. The van der Waals surface area contributed by atoms with Crippen molar-refractivity contribution in [3.8, 4) is 6.07 Å². The van der Waals surface area contributed by atoms with Gasteiger partial charge in [0.05, 0.1) is 18.2 Å². The molecule has 3 nitrogen and oxygen atoms in total. The molecule has 3 heteroatoms. The van der Waals surface area contributed by atoms with Crippen LogP contribution in [0.4, 0.5) is 22.7 Å². The first-order valence-electron chi connectivity index (χ1n) is 15.9. The number of anilines is 3. The van der Waals surface area contributed by atoms with Gasteiger partial charge in [-0.1, -0.05) is 127 Å². The third kappa shape index (κ3) is 5.11. The number of hydrogen-bond acceptors (Lipinski definition) is 2. The molecule has 0 amide bonds. The van der Waals surface area contributed by atoms with Crippen LogP contribution in [0.15, 0.2) is 146 Å². The Hall–Kier alpha value is -6.68. The first-order valence-corrected chi connectivity index (χ1v) is 15.9. The Labute approximate surface area is 279 Å². The monoisotopic (exact) mass is 611 g/mol. The first-order chi connectivity index (χ1) is 23.6. The highest BCUT2D eigenvalue weighted by atomic mass is 15.1. The predicted molar refractivity (Wildman–Crippen MR) is 202 cm³/mol. The van der Waals surface area contributed by atoms with Crippen molar-refractivity contribution in [3.63, 3.8) is 0 Å². The highest BCUT2D eigenvalue weighted by molar-refractivity contribution is 6.17. The highest BCUT2D eigenvalue weighted by Gasteiger charge is 2.16. The smallest absolute Gasteiger partial charge is 0.212 e. The maximum atomic E-state index is 10.0. The first kappa shape index (κ1) is 28.8. The molecule has 0 saturated carbocycles. The largest absolute Gasteiger partial charge is 0.310 e. The maximum absolute atomic E-state index is 10.0. The van der Waals surface area contributed by atoms with Gasteiger partial charge in [0.1, 0.15) is 0 Å². The van der Waals surface area contributed by atoms with Gasteiger partial charge in [0.2, 0.25) is 5.69 Å². The summed E-state index contributed by atoms with van der Waals surface area (Å²) in [7, 11) is 0. The zero-order valence-corrected chi connectivity index (χ0v) is 26.4. The molecule has 0 N–H and O–H groups in total. The number of rotatable bonds is 5. The third-order valence-electron chi connectivity index (χ3n) is 9.10. The standard InChI is InChI=1S/C45H29N3/c1-30-11-23-40-41-24-16-32(26-43(41)45(47-2)44(29-46)42(40)25-30)13-12-31-14-19-37(20-15-31)48(38-21-17-33-7-3-5-9-35(33)27-38)39-22-18-34-8-4-6-10-36(34)28-39/h3-28H,1H3. The number of nitrogens with zero attached hydrogens (tertiary/aromatic N) is 3. The van der Waals surface area contributed by atoms with Crippen LogP contribution in [0.5, 0.6) is 0 Å². The predicted octanol–water partition coefficient (Wildman–Crippen LogP) is 12.7. The maximum Gasteiger partial charge on any atom is 0.212 e. The van der Waals surface area contributed by atoms with Crippen molar-refractivity contribution < 1.29 is 0 Å². The van der Waals surface area contributed by atoms with Crippen molar-refractivity contribution in [1.29, 1.82) is 5.26 Å². The van der Waals surface area contributed by atoms with Crippen molar-refractivity contribution in [2.75, 3.05) is 4.90 Å². The van der Waals surface area contributed by atoms with E-state index in [-0.39, 0.29) is 0 Å². The molecule has 0 fully saturated rings. The van der Waals surface area contributed by atoms with Crippen molar-refractivity contribution in [2.45, 2.75) is 6.92 Å². The molecule has 0 spiro atoms. The molecule has 0 aliphatic heterocycles. The lowest BCUT2D eigenvalue weighted by Gasteiger charge is -2.26. The lowest BCUT2D eigenvalue weighted by atomic mass is 9.93. The molecular weight excluding hydrogens is 583 g/mol. The van der Waals surface area contributed by atoms with Crippen LogP contribution in [0.25, 0.3) is 60.1 Å². The van der Waals surface area contributed by atoms with Crippen LogP contribution in [-0.4, -0.2) is 0 Å². The number of aryl methyl sites for hydroxylation is 1. The fourth-order valence-corrected chi connectivity index (χ4v) is 6.69. The van der Waals surface area contributed by atoms with Crippen LogP contribution in [0.2, 0.25) is 0 Å². The van der Waals surface area contributed by atoms with E-state index in [0.29, 0.717) is 11.3 Å². The van der Waals surface area contributed by atoms with E-state index >= 15 is 0 Å². The van der Waals surface area contributed by atoms with E-state index in [4.69, 9.17) is 6.57 Å². The minimum absolute atomic E-state index is 0.410. The Morgan fingerprint density at radius 2 is 1.08 bits per heavy atom. The zero-order valence-electron chi connectivity index (χ0n) is 26.4. The third-order valence-corrected chi connectivity index (χ3v) is 9.10. The van der Waals surface area contributed by atoms with E-state index in [1.807, 2.05) is 19.1 Å². The zero-order chi connectivity index (χ0) is 32.6. The molecular formula is C45H29N3. The minimum Gasteiger partial charge on any atom is -0.310 e. The molecule has 0 aliphatic carbocycles. The lowest BCUT2D eigenvalue weighted by molar-refractivity contribution is 1.29. The summed E-state index contributed by atoms with van der Waals surface area (Å²) in [4.78, 5) is 6.12. The van der Waals surface area contributed by atoms with Crippen LogP contribution < -0.4 is 4.90 Å². The van der Waals surface area contributed by atoms with Crippen molar-refractivity contribution in [2.24, 2.45) is 0 Å². The summed E-state index contributed by atoms with van der Waals surface area (Å²) in [5.74, 6) is 0. The van der Waals surface area contributed by atoms with Crippen molar-refractivity contribution >= 4 is 78.0 Å². The molecule has 0 radical (unpaired) electrons. The Bertz CT molecular complexity index is 2570. The Morgan fingerprint density at radius 3 is 1.71 bits per heavy atom. The van der Waals surface area contributed by atoms with Gasteiger partial charge >= 0.3 is 0 Å². The number of benzene rings is 8. The van der Waals surface area contributed by atoms with E-state index in [1.54, 1.807) is 0 Å². The highest BCUT2D eigenvalue weighted by Crippen LogP contribution is 2.40. The molecule has 48 heavy (non-hydrogen) atoms. The van der Waals surface area contributed by atoms with Crippen LogP contribution in [0.1, 0.15) is 22.3 Å². The average molecular weight is 612 g/mol. The Kier molecular flexibility index (Phi) is 7.14. The second-order valence-electron chi connectivity index (χ2n) is 12.1. The fourth-order valence-electron chi connectivity index (χ4n) is 6.69. The summed E-state index contributed by atoms with van der Waals surface area (Å²) in [5, 5.41) is 18.4. The van der Waals surface area contributed by atoms with Crippen molar-refractivity contribution in [3.05, 3.63) is 179 Å². The molecule has 0 atom stereocenters. The molecule has 8 rings (SSSR count). The molecule has 8 aromatic carbocycles. The van der Waals surface area contributed by atoms with E-state index in [0.717, 1.165) is 55.3 Å². The lowest BCUT2D eigenvalue weighted by Crippen LogP contribution is -2.09. The fraction of sp³-hybridized carbons (Fsp3) is 0.0222. The molecule has 0 aromatic heterocycles. The summed E-state index contributed by atoms with van der Waals surface area (Å²) in [6.07, 6.45) is 4.16. The Morgan fingerprint density at radius 1 is 0.542 bits per heavy atom. The molecule has 0 saturated heterocycles. The quantitative estimate of drug-likeness (QED) is 0.110. The topological polar surface area (TPSA) is 31.4 Å². The molecule has 8 aromatic rings. The second-order valence-corrected chi connectivity index (χ2v) is 12.1. The summed E-state index contributed by atoms with van der Waals surface area (Å²) < 4.78 is 0. The van der Waals surface area contributed by atoms with Crippen LogP contribution >= 0.6 is 0 Å². The molecule has 0 aliphatic rings. The van der Waals surface area contributed by atoms with E-state index in [2.05, 4.69) is 161 Å². The number of nitriles is 1. The Balaban J connectivity index is 1.16. The van der Waals surface area contributed by atoms with Gasteiger partial charge in [0.25, 0.3) is 0 Å². The van der Waals surface area contributed by atoms with Crippen LogP contribution in [0, 0.1) is 24.8 Å². The van der Waals surface area contributed by atoms with Gasteiger partial charge < -0.3 is 4.90 Å². The van der Waals surface area contributed by atoms with Crippen LogP contribution in [0.3, 0.4) is 0 Å². The van der Waals surface area contributed by atoms with Gasteiger partial charge in [-0.15, -0.1) is 0 Å². The molecule has 0 bridgehead atoms. The summed E-state index contributed by atoms with van der Waals surface area (Å²) >= 11 is 0. The van der Waals surface area contributed by atoms with Gasteiger partial charge in [-0.05, 0) is 97.5 Å². The van der Waals surface area contributed by atoms with Gasteiger partial charge in [-0.3, -0.25) is 0 Å². The molecule has 0 unspecified atom stereocenters. The van der Waals surface area contributed by atoms with Crippen LogP contribution in [-0.2, 0) is 0 Å². The van der Waals surface area contributed by atoms with Gasteiger partial charge in [0.15, 0.2) is 0 Å². The van der Waals surface area contributed by atoms with E-state index in [9.17, 15) is 5.26 Å². The summed E-state index contributed by atoms with van der Waals surface area (Å²) in [6, 6.07) is 53.3. The number of fused-ring (bicyclic) bond motifs is 5. The minimum atomic E-state index is 0.410. The number of hydrogen-bond donors (Lipinski definition) is 0. The van der Waals surface area contributed by atoms with E-state index < -0.39 is 0 Å².